The number of hydrogen-bond donors (Lipinski definition) is 1. The third-order valence-corrected chi connectivity index (χ3v) is 3.25. The molecule has 0 fully saturated rings. The second kappa shape index (κ2) is 7.09. The number of carbonyl (C=O) groups excluding carboxylic acids is 2. The van der Waals surface area contributed by atoms with Crippen LogP contribution in [0.4, 0.5) is 5.82 Å². The van der Waals surface area contributed by atoms with Crippen LogP contribution in [0.3, 0.4) is 0 Å². The van der Waals surface area contributed by atoms with E-state index in [0.717, 1.165) is 11.1 Å². The molecule has 23 heavy (non-hydrogen) atoms. The molecule has 1 amide bonds. The van der Waals surface area contributed by atoms with E-state index >= 15 is 0 Å². The molecular weight excluding hydrogens is 296 g/mol. The third kappa shape index (κ3) is 4.42. The maximum Gasteiger partial charge on any atom is 0.338 e. The summed E-state index contributed by atoms with van der Waals surface area (Å²) in [4.78, 5) is 24.4. The standard InChI is InChI=1S/C17H20N2O4/c1-5-14(16(20)18-15-9-12(4)23-19-15)22-17(21)13-7-10(2)6-11(3)8-13/h6-9,14H,5H2,1-4H3,(H,18,19,20)/t14-/m1/s1. The lowest BCUT2D eigenvalue weighted by Gasteiger charge is -2.15. The molecule has 1 heterocycles. The normalized spacial score (nSPS) is 11.8. The molecule has 1 aromatic heterocycles. The van der Waals surface area contributed by atoms with Gasteiger partial charge in [-0.25, -0.2) is 4.79 Å². The molecule has 1 aromatic carbocycles. The molecule has 0 spiro atoms. The van der Waals surface area contributed by atoms with Crippen LogP contribution in [0.2, 0.25) is 0 Å². The van der Waals surface area contributed by atoms with Crippen LogP contribution in [0.25, 0.3) is 0 Å². The van der Waals surface area contributed by atoms with Gasteiger partial charge >= 0.3 is 5.97 Å². The van der Waals surface area contributed by atoms with Crippen molar-refractivity contribution in [2.75, 3.05) is 5.32 Å². The third-order valence-electron chi connectivity index (χ3n) is 3.25. The number of hydrogen-bond acceptors (Lipinski definition) is 5. The minimum Gasteiger partial charge on any atom is -0.449 e. The molecular formula is C17H20N2O4. The lowest BCUT2D eigenvalue weighted by atomic mass is 10.1. The van der Waals surface area contributed by atoms with Crippen molar-refractivity contribution in [3.8, 4) is 0 Å². The van der Waals surface area contributed by atoms with Crippen LogP contribution in [0.1, 0.15) is 40.6 Å². The van der Waals surface area contributed by atoms with E-state index in [1.54, 1.807) is 32.0 Å². The van der Waals surface area contributed by atoms with Crippen LogP contribution >= 0.6 is 0 Å². The van der Waals surface area contributed by atoms with Crippen molar-refractivity contribution in [2.24, 2.45) is 0 Å². The summed E-state index contributed by atoms with van der Waals surface area (Å²) < 4.78 is 10.2. The van der Waals surface area contributed by atoms with Gasteiger partial charge in [-0.2, -0.15) is 0 Å². The van der Waals surface area contributed by atoms with Crippen LogP contribution in [-0.2, 0) is 9.53 Å². The van der Waals surface area contributed by atoms with Crippen molar-refractivity contribution in [1.29, 1.82) is 0 Å². The number of aromatic nitrogens is 1. The summed E-state index contributed by atoms with van der Waals surface area (Å²) in [6.45, 7) is 7.30. The Balaban J connectivity index is 2.05. The number of esters is 1. The number of anilines is 1. The maximum absolute atomic E-state index is 12.2. The van der Waals surface area contributed by atoms with E-state index in [9.17, 15) is 9.59 Å². The Morgan fingerprint density at radius 2 is 1.83 bits per heavy atom. The van der Waals surface area contributed by atoms with E-state index in [0.29, 0.717) is 23.6 Å². The van der Waals surface area contributed by atoms with E-state index in [4.69, 9.17) is 9.26 Å². The molecule has 0 radical (unpaired) electrons. The zero-order chi connectivity index (χ0) is 17.0. The highest BCUT2D eigenvalue weighted by Gasteiger charge is 2.23. The monoisotopic (exact) mass is 316 g/mol. The summed E-state index contributed by atoms with van der Waals surface area (Å²) in [5, 5.41) is 6.26. The van der Waals surface area contributed by atoms with Crippen molar-refractivity contribution in [1.82, 2.24) is 5.16 Å². The van der Waals surface area contributed by atoms with Gasteiger partial charge in [0.25, 0.3) is 5.91 Å². The zero-order valence-corrected chi connectivity index (χ0v) is 13.7. The average Bonchev–Trinajstić information content (AvgIpc) is 2.88. The first-order valence-electron chi connectivity index (χ1n) is 7.42. The Bertz CT molecular complexity index is 701. The van der Waals surface area contributed by atoms with Gasteiger partial charge in [-0.15, -0.1) is 0 Å². The molecule has 1 atom stereocenters. The van der Waals surface area contributed by atoms with Crippen LogP contribution in [0.15, 0.2) is 28.8 Å². The number of nitrogens with one attached hydrogen (secondary N) is 1. The fourth-order valence-electron chi connectivity index (χ4n) is 2.24. The number of nitrogens with zero attached hydrogens (tertiary/aromatic N) is 1. The first-order chi connectivity index (χ1) is 10.9. The number of aryl methyl sites for hydroxylation is 3. The first kappa shape index (κ1) is 16.7. The highest BCUT2D eigenvalue weighted by atomic mass is 16.5. The minimum absolute atomic E-state index is 0.299. The van der Waals surface area contributed by atoms with Gasteiger partial charge in [0.2, 0.25) is 0 Å². The molecule has 0 aliphatic rings. The summed E-state index contributed by atoms with van der Waals surface area (Å²) in [6, 6.07) is 7.03. The predicted molar refractivity (Wildman–Crippen MR) is 85.3 cm³/mol. The number of benzene rings is 1. The molecule has 6 nitrogen and oxygen atoms in total. The summed E-state index contributed by atoms with van der Waals surface area (Å²) in [6.07, 6.45) is -0.528. The van der Waals surface area contributed by atoms with Gasteiger partial charge in [0.1, 0.15) is 5.76 Å². The summed E-state index contributed by atoms with van der Waals surface area (Å²) in [5.74, 6) is -0.0670. The Morgan fingerprint density at radius 3 is 2.35 bits per heavy atom. The van der Waals surface area contributed by atoms with Crippen LogP contribution in [-0.4, -0.2) is 23.1 Å². The molecule has 0 aliphatic heterocycles. The fraction of sp³-hybridized carbons (Fsp3) is 0.353. The summed E-state index contributed by atoms with van der Waals surface area (Å²) in [7, 11) is 0. The van der Waals surface area contributed by atoms with Gasteiger partial charge in [0.15, 0.2) is 11.9 Å². The molecule has 0 saturated heterocycles. The van der Waals surface area contributed by atoms with Gasteiger partial charge in [-0.3, -0.25) is 4.79 Å². The number of carbonyl (C=O) groups is 2. The van der Waals surface area contributed by atoms with Gasteiger partial charge in [-0.1, -0.05) is 29.3 Å². The largest absolute Gasteiger partial charge is 0.449 e. The molecule has 1 N–H and O–H groups in total. The molecule has 6 heteroatoms. The zero-order valence-electron chi connectivity index (χ0n) is 13.7. The quantitative estimate of drug-likeness (QED) is 0.857. The number of ether oxygens (including phenoxy) is 1. The molecule has 2 aromatic rings. The maximum atomic E-state index is 12.2. The van der Waals surface area contributed by atoms with Crippen LogP contribution in [0.5, 0.6) is 0 Å². The topological polar surface area (TPSA) is 81.4 Å². The molecule has 0 saturated carbocycles. The Morgan fingerprint density at radius 1 is 1.17 bits per heavy atom. The second-order valence-corrected chi connectivity index (χ2v) is 5.49. The van der Waals surface area contributed by atoms with Crippen LogP contribution < -0.4 is 5.32 Å². The van der Waals surface area contributed by atoms with Gasteiger partial charge in [0.05, 0.1) is 5.56 Å². The van der Waals surface area contributed by atoms with Crippen molar-refractivity contribution in [3.05, 3.63) is 46.7 Å². The SMILES string of the molecule is CC[C@@H](OC(=O)c1cc(C)cc(C)c1)C(=O)Nc1cc(C)on1. The summed E-state index contributed by atoms with van der Waals surface area (Å²) >= 11 is 0. The van der Waals surface area contributed by atoms with E-state index in [1.165, 1.54) is 0 Å². The number of amides is 1. The molecule has 2 rings (SSSR count). The van der Waals surface area contributed by atoms with Crippen molar-refractivity contribution >= 4 is 17.7 Å². The van der Waals surface area contributed by atoms with Crippen molar-refractivity contribution in [3.63, 3.8) is 0 Å². The molecule has 0 aliphatic carbocycles. The summed E-state index contributed by atoms with van der Waals surface area (Å²) in [5.41, 5.74) is 2.37. The van der Waals surface area contributed by atoms with E-state index < -0.39 is 18.0 Å². The highest BCUT2D eigenvalue weighted by Crippen LogP contribution is 2.14. The van der Waals surface area contributed by atoms with Crippen LogP contribution in [0, 0.1) is 20.8 Å². The Kier molecular flexibility index (Phi) is 5.16. The van der Waals surface area contributed by atoms with Gasteiger partial charge in [0, 0.05) is 6.07 Å². The van der Waals surface area contributed by atoms with E-state index in [-0.39, 0.29) is 0 Å². The van der Waals surface area contributed by atoms with E-state index in [1.807, 2.05) is 19.9 Å². The smallest absolute Gasteiger partial charge is 0.338 e. The van der Waals surface area contributed by atoms with Gasteiger partial charge < -0.3 is 14.6 Å². The van der Waals surface area contributed by atoms with E-state index in [2.05, 4.69) is 10.5 Å². The lowest BCUT2D eigenvalue weighted by Crippen LogP contribution is -2.32. The lowest BCUT2D eigenvalue weighted by molar-refractivity contribution is -0.124. The molecule has 122 valence electrons. The molecule has 0 bridgehead atoms. The average molecular weight is 316 g/mol. The van der Waals surface area contributed by atoms with Gasteiger partial charge in [-0.05, 0) is 39.3 Å². The van der Waals surface area contributed by atoms with Crippen molar-refractivity contribution in [2.45, 2.75) is 40.2 Å². The predicted octanol–water partition coefficient (Wildman–Crippen LogP) is 3.17. The Hall–Kier alpha value is -2.63. The second-order valence-electron chi connectivity index (χ2n) is 5.49. The Labute approximate surface area is 134 Å². The molecule has 0 unspecified atom stereocenters. The fourth-order valence-corrected chi connectivity index (χ4v) is 2.24. The van der Waals surface area contributed by atoms with Crippen molar-refractivity contribution < 1.29 is 18.8 Å². The minimum atomic E-state index is -0.889. The number of rotatable bonds is 5. The highest BCUT2D eigenvalue weighted by molar-refractivity contribution is 5.97. The first-order valence-corrected chi connectivity index (χ1v) is 7.42.